The Hall–Kier alpha value is -0.620. The Labute approximate surface area is 121 Å². The minimum atomic E-state index is -3.17. The molecule has 0 amide bonds. The van der Waals surface area contributed by atoms with Gasteiger partial charge in [0.2, 0.25) is 10.0 Å². The molecule has 0 bridgehead atoms. The fourth-order valence-corrected chi connectivity index (χ4v) is 3.80. The molecule has 0 heterocycles. The number of rotatable bonds is 7. The molecule has 2 rings (SSSR count). The minimum Gasteiger partial charge on any atom is -0.329 e. The van der Waals surface area contributed by atoms with Crippen molar-refractivity contribution in [2.45, 2.75) is 19.4 Å². The number of halogens is 1. The SMILES string of the molecule is Cl.NCCN(Cc1ccccc1)S(=O)(=O)CC1CC1. The lowest BCUT2D eigenvalue weighted by Crippen LogP contribution is -2.36. The molecular weight excluding hydrogens is 284 g/mol. The van der Waals surface area contributed by atoms with Crippen molar-refractivity contribution < 1.29 is 8.42 Å². The highest BCUT2D eigenvalue weighted by molar-refractivity contribution is 7.89. The minimum absolute atomic E-state index is 0. The molecule has 4 nitrogen and oxygen atoms in total. The third kappa shape index (κ3) is 5.10. The summed E-state index contributed by atoms with van der Waals surface area (Å²) in [4.78, 5) is 0. The van der Waals surface area contributed by atoms with E-state index in [-0.39, 0.29) is 18.2 Å². The van der Waals surface area contributed by atoms with Crippen molar-refractivity contribution in [2.75, 3.05) is 18.8 Å². The molecule has 0 unspecified atom stereocenters. The molecule has 6 heteroatoms. The van der Waals surface area contributed by atoms with E-state index in [1.165, 1.54) is 4.31 Å². The highest BCUT2D eigenvalue weighted by atomic mass is 35.5. The first-order chi connectivity index (χ1) is 8.62. The first-order valence-electron chi connectivity index (χ1n) is 6.33. The maximum absolute atomic E-state index is 12.2. The van der Waals surface area contributed by atoms with Gasteiger partial charge in [0.1, 0.15) is 0 Å². The number of nitrogens with two attached hydrogens (primary N) is 1. The largest absolute Gasteiger partial charge is 0.329 e. The van der Waals surface area contributed by atoms with Crippen LogP contribution in [0.25, 0.3) is 0 Å². The van der Waals surface area contributed by atoms with Crippen LogP contribution in [0.2, 0.25) is 0 Å². The monoisotopic (exact) mass is 304 g/mol. The first-order valence-corrected chi connectivity index (χ1v) is 7.94. The number of benzene rings is 1. The van der Waals surface area contributed by atoms with Crippen LogP contribution in [0.1, 0.15) is 18.4 Å². The lowest BCUT2D eigenvalue weighted by Gasteiger charge is -2.21. The predicted octanol–water partition coefficient (Wildman–Crippen LogP) is 1.61. The Morgan fingerprint density at radius 3 is 2.37 bits per heavy atom. The van der Waals surface area contributed by atoms with Crippen LogP contribution in [0, 0.1) is 5.92 Å². The van der Waals surface area contributed by atoms with E-state index in [4.69, 9.17) is 5.73 Å². The highest BCUT2D eigenvalue weighted by Gasteiger charge is 2.31. The molecule has 0 radical (unpaired) electrons. The third-order valence-electron chi connectivity index (χ3n) is 3.12. The fraction of sp³-hybridized carbons (Fsp3) is 0.538. The second kappa shape index (κ2) is 7.24. The first kappa shape index (κ1) is 16.4. The number of sulfonamides is 1. The topological polar surface area (TPSA) is 63.4 Å². The van der Waals surface area contributed by atoms with Crippen LogP contribution >= 0.6 is 12.4 Å². The molecule has 1 aliphatic rings. The van der Waals surface area contributed by atoms with Crippen LogP contribution in [0.4, 0.5) is 0 Å². The molecular formula is C13H21ClN2O2S. The summed E-state index contributed by atoms with van der Waals surface area (Å²) in [6.45, 7) is 1.17. The summed E-state index contributed by atoms with van der Waals surface area (Å²) in [6.07, 6.45) is 2.09. The molecule has 0 aromatic heterocycles. The van der Waals surface area contributed by atoms with Crippen LogP contribution < -0.4 is 5.73 Å². The van der Waals surface area contributed by atoms with Crippen LogP contribution in [0.5, 0.6) is 0 Å². The molecule has 0 atom stereocenters. The van der Waals surface area contributed by atoms with E-state index in [2.05, 4.69) is 0 Å². The van der Waals surface area contributed by atoms with Gasteiger partial charge in [-0.05, 0) is 24.3 Å². The molecule has 0 aliphatic heterocycles. The van der Waals surface area contributed by atoms with Crippen molar-refractivity contribution in [1.29, 1.82) is 0 Å². The Balaban J connectivity index is 0.00000180. The van der Waals surface area contributed by atoms with Crippen molar-refractivity contribution in [2.24, 2.45) is 11.7 Å². The summed E-state index contributed by atoms with van der Waals surface area (Å²) in [7, 11) is -3.17. The molecule has 1 aromatic carbocycles. The van der Waals surface area contributed by atoms with Crippen molar-refractivity contribution in [3.63, 3.8) is 0 Å². The molecule has 0 spiro atoms. The summed E-state index contributed by atoms with van der Waals surface area (Å²) in [5.41, 5.74) is 6.53. The smallest absolute Gasteiger partial charge is 0.214 e. The van der Waals surface area contributed by atoms with Gasteiger partial charge in [-0.15, -0.1) is 12.4 Å². The second-order valence-electron chi connectivity index (χ2n) is 4.83. The standard InChI is InChI=1S/C13H20N2O2S.ClH/c14-8-9-15(10-12-4-2-1-3-5-12)18(16,17)11-13-6-7-13;/h1-5,13H,6-11,14H2;1H. The Morgan fingerprint density at radius 1 is 1.21 bits per heavy atom. The van der Waals surface area contributed by atoms with E-state index in [1.807, 2.05) is 30.3 Å². The van der Waals surface area contributed by atoms with Gasteiger partial charge in [-0.3, -0.25) is 0 Å². The van der Waals surface area contributed by atoms with Crippen molar-refractivity contribution >= 4 is 22.4 Å². The van der Waals surface area contributed by atoms with Crippen molar-refractivity contribution in [1.82, 2.24) is 4.31 Å². The lowest BCUT2D eigenvalue weighted by atomic mass is 10.2. The summed E-state index contributed by atoms with van der Waals surface area (Å²) >= 11 is 0. The van der Waals surface area contributed by atoms with Crippen LogP contribution in [0.3, 0.4) is 0 Å². The van der Waals surface area contributed by atoms with Gasteiger partial charge in [0.05, 0.1) is 5.75 Å². The number of hydrogen-bond acceptors (Lipinski definition) is 3. The normalized spacial score (nSPS) is 15.3. The van der Waals surface area contributed by atoms with Crippen LogP contribution in [-0.2, 0) is 16.6 Å². The van der Waals surface area contributed by atoms with E-state index in [1.54, 1.807) is 0 Å². The zero-order valence-electron chi connectivity index (χ0n) is 10.9. The summed E-state index contributed by atoms with van der Waals surface area (Å²) < 4.78 is 26.0. The van der Waals surface area contributed by atoms with Gasteiger partial charge < -0.3 is 5.73 Å². The average molecular weight is 305 g/mol. The van der Waals surface area contributed by atoms with Gasteiger partial charge in [-0.1, -0.05) is 30.3 Å². The number of nitrogens with zero attached hydrogens (tertiary/aromatic N) is 1. The molecule has 0 saturated heterocycles. The predicted molar refractivity (Wildman–Crippen MR) is 79.7 cm³/mol. The van der Waals surface area contributed by atoms with Gasteiger partial charge in [0.15, 0.2) is 0 Å². The number of hydrogen-bond donors (Lipinski definition) is 1. The average Bonchev–Trinajstić information content (AvgIpc) is 3.13. The van der Waals surface area contributed by atoms with Gasteiger partial charge in [0, 0.05) is 19.6 Å². The fourth-order valence-electron chi connectivity index (χ4n) is 1.94. The summed E-state index contributed by atoms with van der Waals surface area (Å²) in [6, 6.07) is 9.65. The third-order valence-corrected chi connectivity index (χ3v) is 5.11. The maximum Gasteiger partial charge on any atom is 0.214 e. The van der Waals surface area contributed by atoms with E-state index < -0.39 is 10.0 Å². The molecule has 1 saturated carbocycles. The Morgan fingerprint density at radius 2 is 1.84 bits per heavy atom. The van der Waals surface area contributed by atoms with E-state index >= 15 is 0 Å². The molecule has 1 aliphatic carbocycles. The molecule has 2 N–H and O–H groups in total. The van der Waals surface area contributed by atoms with Crippen molar-refractivity contribution in [3.05, 3.63) is 35.9 Å². The Bertz CT molecular complexity index is 475. The lowest BCUT2D eigenvalue weighted by molar-refractivity contribution is 0.412. The van der Waals surface area contributed by atoms with Gasteiger partial charge >= 0.3 is 0 Å². The Kier molecular flexibility index (Phi) is 6.26. The summed E-state index contributed by atoms with van der Waals surface area (Å²) in [5, 5.41) is 0. The molecule has 19 heavy (non-hydrogen) atoms. The molecule has 1 fully saturated rings. The second-order valence-corrected chi connectivity index (χ2v) is 6.84. The van der Waals surface area contributed by atoms with E-state index in [0.29, 0.717) is 25.6 Å². The molecule has 108 valence electrons. The van der Waals surface area contributed by atoms with E-state index in [0.717, 1.165) is 18.4 Å². The quantitative estimate of drug-likeness (QED) is 0.832. The van der Waals surface area contributed by atoms with Crippen LogP contribution in [0.15, 0.2) is 30.3 Å². The van der Waals surface area contributed by atoms with Gasteiger partial charge in [-0.2, -0.15) is 4.31 Å². The molecule has 1 aromatic rings. The van der Waals surface area contributed by atoms with Crippen LogP contribution in [-0.4, -0.2) is 31.6 Å². The zero-order valence-corrected chi connectivity index (χ0v) is 12.5. The van der Waals surface area contributed by atoms with Crippen molar-refractivity contribution in [3.8, 4) is 0 Å². The zero-order chi connectivity index (χ0) is 13.0. The van der Waals surface area contributed by atoms with E-state index in [9.17, 15) is 8.42 Å². The summed E-state index contributed by atoms with van der Waals surface area (Å²) in [5.74, 6) is 0.644. The maximum atomic E-state index is 12.2. The van der Waals surface area contributed by atoms with Gasteiger partial charge in [-0.25, -0.2) is 8.42 Å². The highest BCUT2D eigenvalue weighted by Crippen LogP contribution is 2.31. The van der Waals surface area contributed by atoms with Gasteiger partial charge in [0.25, 0.3) is 0 Å².